The molecule has 1 aromatic heterocycles. The van der Waals surface area contributed by atoms with Gasteiger partial charge in [0.05, 0.1) is 19.4 Å². The van der Waals surface area contributed by atoms with Crippen molar-refractivity contribution in [2.75, 3.05) is 26.8 Å². The lowest BCUT2D eigenvalue weighted by Gasteiger charge is -2.32. The molecule has 0 amide bonds. The molecule has 2 aromatic carbocycles. The third kappa shape index (κ3) is 4.21. The van der Waals surface area contributed by atoms with E-state index in [4.69, 9.17) is 14.5 Å². The van der Waals surface area contributed by atoms with Crippen LogP contribution < -0.4 is 4.74 Å². The van der Waals surface area contributed by atoms with Gasteiger partial charge in [0, 0.05) is 30.6 Å². The first kappa shape index (κ1) is 18.2. The maximum Gasteiger partial charge on any atom is 0.128 e. The van der Waals surface area contributed by atoms with E-state index in [-0.39, 0.29) is 6.10 Å². The summed E-state index contributed by atoms with van der Waals surface area (Å²) in [7, 11) is 1.70. The highest BCUT2D eigenvalue weighted by molar-refractivity contribution is 7.10. The van der Waals surface area contributed by atoms with Crippen LogP contribution in [-0.4, -0.2) is 36.7 Å². The molecule has 1 atom stereocenters. The molecule has 5 heteroatoms. The Morgan fingerprint density at radius 2 is 2.07 bits per heavy atom. The van der Waals surface area contributed by atoms with Gasteiger partial charge in [-0.3, -0.25) is 4.90 Å². The second-order valence-corrected chi connectivity index (χ2v) is 7.74. The van der Waals surface area contributed by atoms with Crippen molar-refractivity contribution in [1.82, 2.24) is 9.88 Å². The van der Waals surface area contributed by atoms with Gasteiger partial charge < -0.3 is 9.47 Å². The zero-order valence-corrected chi connectivity index (χ0v) is 16.5. The molecule has 1 saturated heterocycles. The predicted octanol–water partition coefficient (Wildman–Crippen LogP) is 4.70. The summed E-state index contributed by atoms with van der Waals surface area (Å²) in [5, 5.41) is 3.14. The van der Waals surface area contributed by atoms with E-state index in [0.29, 0.717) is 0 Å². The number of rotatable bonds is 5. The SMILES string of the molecule is COc1ccc(C)cc1-c1csc(C2CN(Cc3ccccc3)CCO2)n1. The van der Waals surface area contributed by atoms with E-state index < -0.39 is 0 Å². The number of nitrogens with zero attached hydrogens (tertiary/aromatic N) is 2. The lowest BCUT2D eigenvalue weighted by atomic mass is 10.1. The van der Waals surface area contributed by atoms with Crippen LogP contribution in [0.25, 0.3) is 11.3 Å². The molecule has 0 spiro atoms. The van der Waals surface area contributed by atoms with E-state index in [2.05, 4.69) is 59.7 Å². The summed E-state index contributed by atoms with van der Waals surface area (Å²) in [5.74, 6) is 0.854. The Morgan fingerprint density at radius 3 is 2.89 bits per heavy atom. The third-order valence-electron chi connectivity index (χ3n) is 4.83. The number of morpholine rings is 1. The van der Waals surface area contributed by atoms with E-state index in [1.807, 2.05) is 6.07 Å². The van der Waals surface area contributed by atoms with E-state index in [1.54, 1.807) is 18.4 Å². The van der Waals surface area contributed by atoms with Crippen molar-refractivity contribution in [3.05, 3.63) is 70.0 Å². The zero-order valence-electron chi connectivity index (χ0n) is 15.7. The maximum absolute atomic E-state index is 6.04. The number of methoxy groups -OCH3 is 1. The summed E-state index contributed by atoms with van der Waals surface area (Å²) in [6.45, 7) is 5.59. The lowest BCUT2D eigenvalue weighted by Crippen LogP contribution is -2.37. The molecule has 27 heavy (non-hydrogen) atoms. The number of aromatic nitrogens is 1. The number of benzene rings is 2. The van der Waals surface area contributed by atoms with Crippen molar-refractivity contribution in [2.24, 2.45) is 0 Å². The number of hydrogen-bond acceptors (Lipinski definition) is 5. The van der Waals surface area contributed by atoms with Gasteiger partial charge in [0.25, 0.3) is 0 Å². The fourth-order valence-electron chi connectivity index (χ4n) is 3.42. The number of aryl methyl sites for hydroxylation is 1. The molecule has 0 saturated carbocycles. The Balaban J connectivity index is 1.50. The molecule has 140 valence electrons. The molecule has 1 unspecified atom stereocenters. The molecule has 1 aliphatic heterocycles. The monoisotopic (exact) mass is 380 g/mol. The second-order valence-electron chi connectivity index (χ2n) is 6.85. The Labute approximate surface area is 164 Å². The molecule has 4 rings (SSSR count). The van der Waals surface area contributed by atoms with Crippen molar-refractivity contribution < 1.29 is 9.47 Å². The van der Waals surface area contributed by atoms with Gasteiger partial charge in [-0.1, -0.05) is 42.0 Å². The van der Waals surface area contributed by atoms with Crippen molar-refractivity contribution in [1.29, 1.82) is 0 Å². The minimum Gasteiger partial charge on any atom is -0.496 e. The Hall–Kier alpha value is -2.21. The summed E-state index contributed by atoms with van der Waals surface area (Å²) in [4.78, 5) is 7.32. The Morgan fingerprint density at radius 1 is 1.22 bits per heavy atom. The summed E-state index contributed by atoms with van der Waals surface area (Å²) in [5.41, 5.74) is 4.53. The predicted molar refractivity (Wildman–Crippen MR) is 109 cm³/mol. The van der Waals surface area contributed by atoms with Gasteiger partial charge in [-0.2, -0.15) is 0 Å². The molecule has 0 bridgehead atoms. The van der Waals surface area contributed by atoms with Crippen LogP contribution in [0.1, 0.15) is 22.2 Å². The third-order valence-corrected chi connectivity index (χ3v) is 5.76. The average molecular weight is 381 g/mol. The van der Waals surface area contributed by atoms with Crippen LogP contribution >= 0.6 is 11.3 Å². The largest absolute Gasteiger partial charge is 0.496 e. The van der Waals surface area contributed by atoms with Crippen LogP contribution in [-0.2, 0) is 11.3 Å². The average Bonchev–Trinajstić information content (AvgIpc) is 3.19. The van der Waals surface area contributed by atoms with Crippen LogP contribution in [0.4, 0.5) is 0 Å². The van der Waals surface area contributed by atoms with Gasteiger partial charge in [-0.05, 0) is 24.6 Å². The van der Waals surface area contributed by atoms with Crippen LogP contribution in [0.3, 0.4) is 0 Å². The minimum atomic E-state index is 0.0250. The molecule has 1 aliphatic rings. The molecule has 0 N–H and O–H groups in total. The maximum atomic E-state index is 6.04. The zero-order chi connectivity index (χ0) is 18.6. The lowest BCUT2D eigenvalue weighted by molar-refractivity contribution is -0.0329. The van der Waals surface area contributed by atoms with E-state index >= 15 is 0 Å². The molecule has 0 radical (unpaired) electrons. The highest BCUT2D eigenvalue weighted by Gasteiger charge is 2.25. The molecule has 3 aromatic rings. The van der Waals surface area contributed by atoms with Gasteiger partial charge in [0.15, 0.2) is 0 Å². The second kappa shape index (κ2) is 8.21. The summed E-state index contributed by atoms with van der Waals surface area (Å²) >= 11 is 1.67. The van der Waals surface area contributed by atoms with Crippen molar-refractivity contribution >= 4 is 11.3 Å². The summed E-state index contributed by atoms with van der Waals surface area (Å²) < 4.78 is 11.6. The first-order chi connectivity index (χ1) is 13.2. The fourth-order valence-corrected chi connectivity index (χ4v) is 4.28. The summed E-state index contributed by atoms with van der Waals surface area (Å²) in [6, 6.07) is 16.8. The van der Waals surface area contributed by atoms with Crippen LogP contribution in [0.2, 0.25) is 0 Å². The Bertz CT molecular complexity index is 894. The minimum absolute atomic E-state index is 0.0250. The summed E-state index contributed by atoms with van der Waals surface area (Å²) in [6.07, 6.45) is 0.0250. The molecule has 1 fully saturated rings. The number of hydrogen-bond donors (Lipinski definition) is 0. The normalized spacial score (nSPS) is 17.8. The van der Waals surface area contributed by atoms with E-state index in [9.17, 15) is 0 Å². The first-order valence-corrected chi connectivity index (χ1v) is 10.1. The number of ether oxygens (including phenoxy) is 2. The van der Waals surface area contributed by atoms with Gasteiger partial charge in [-0.15, -0.1) is 11.3 Å². The smallest absolute Gasteiger partial charge is 0.128 e. The van der Waals surface area contributed by atoms with E-state index in [1.165, 1.54) is 11.1 Å². The number of thiazole rings is 1. The van der Waals surface area contributed by atoms with E-state index in [0.717, 1.165) is 48.3 Å². The first-order valence-electron chi connectivity index (χ1n) is 9.21. The quantitative estimate of drug-likeness (QED) is 0.643. The van der Waals surface area contributed by atoms with Gasteiger partial charge in [0.2, 0.25) is 0 Å². The standard InChI is InChI=1S/C22H24N2O2S/c1-16-8-9-20(25-2)18(12-16)19-15-27-22(23-19)21-14-24(10-11-26-21)13-17-6-4-3-5-7-17/h3-9,12,15,21H,10-11,13-14H2,1-2H3. The van der Waals surface area contributed by atoms with Gasteiger partial charge in [0.1, 0.15) is 16.9 Å². The highest BCUT2D eigenvalue weighted by Crippen LogP contribution is 2.34. The van der Waals surface area contributed by atoms with Gasteiger partial charge in [-0.25, -0.2) is 4.98 Å². The fraction of sp³-hybridized carbons (Fsp3) is 0.318. The molecule has 0 aliphatic carbocycles. The van der Waals surface area contributed by atoms with Crippen LogP contribution in [0, 0.1) is 6.92 Å². The molecular weight excluding hydrogens is 356 g/mol. The van der Waals surface area contributed by atoms with Crippen LogP contribution in [0.15, 0.2) is 53.9 Å². The van der Waals surface area contributed by atoms with Crippen molar-refractivity contribution in [3.63, 3.8) is 0 Å². The Kier molecular flexibility index (Phi) is 5.53. The van der Waals surface area contributed by atoms with Crippen molar-refractivity contribution in [3.8, 4) is 17.0 Å². The topological polar surface area (TPSA) is 34.6 Å². The molecule has 2 heterocycles. The molecule has 4 nitrogen and oxygen atoms in total. The molecular formula is C22H24N2O2S. The van der Waals surface area contributed by atoms with Crippen molar-refractivity contribution in [2.45, 2.75) is 19.6 Å². The van der Waals surface area contributed by atoms with Crippen LogP contribution in [0.5, 0.6) is 5.75 Å². The highest BCUT2D eigenvalue weighted by atomic mass is 32.1. The van der Waals surface area contributed by atoms with Gasteiger partial charge >= 0.3 is 0 Å².